The molecule has 1 heterocycles. The van der Waals surface area contributed by atoms with Crippen molar-refractivity contribution in [3.05, 3.63) is 35.5 Å². The number of aromatic nitrogens is 1. The van der Waals surface area contributed by atoms with Crippen LogP contribution in [0.3, 0.4) is 0 Å². The van der Waals surface area contributed by atoms with E-state index < -0.39 is 0 Å². The van der Waals surface area contributed by atoms with E-state index in [4.69, 9.17) is 4.74 Å². The van der Waals surface area contributed by atoms with Crippen LogP contribution in [-0.4, -0.2) is 47.9 Å². The number of ether oxygens (including phenoxy) is 1. The fourth-order valence-corrected chi connectivity index (χ4v) is 3.30. The third-order valence-electron chi connectivity index (χ3n) is 4.69. The molecule has 0 unspecified atom stereocenters. The average Bonchev–Trinajstić information content (AvgIpc) is 3.32. The fraction of sp³-hybridized carbons (Fsp3) is 0.500. The van der Waals surface area contributed by atoms with Gasteiger partial charge in [0, 0.05) is 35.2 Å². The van der Waals surface area contributed by atoms with Crippen LogP contribution < -0.4 is 0 Å². The van der Waals surface area contributed by atoms with Crippen molar-refractivity contribution in [2.24, 2.45) is 5.92 Å². The van der Waals surface area contributed by atoms with Gasteiger partial charge in [-0.3, -0.25) is 14.5 Å². The summed E-state index contributed by atoms with van der Waals surface area (Å²) >= 11 is 0. The first-order chi connectivity index (χ1) is 12.1. The normalized spacial score (nSPS) is 14.2. The van der Waals surface area contributed by atoms with Crippen molar-refractivity contribution >= 4 is 22.7 Å². The molecule has 3 rings (SSSR count). The van der Waals surface area contributed by atoms with Crippen LogP contribution in [0.1, 0.15) is 42.2 Å². The summed E-state index contributed by atoms with van der Waals surface area (Å²) in [6.45, 7) is 5.95. The number of Topliss-reactive ketones (excluding diaryl/α,β-unsaturated/α-hetero) is 1. The van der Waals surface area contributed by atoms with E-state index in [-0.39, 0.29) is 11.8 Å². The molecule has 1 N–H and O–H groups in total. The monoisotopic (exact) mass is 342 g/mol. The molecule has 0 amide bonds. The first kappa shape index (κ1) is 17.7. The van der Waals surface area contributed by atoms with E-state index in [9.17, 15) is 9.59 Å². The minimum Gasteiger partial charge on any atom is -0.466 e. The van der Waals surface area contributed by atoms with Crippen molar-refractivity contribution in [1.29, 1.82) is 0 Å². The highest BCUT2D eigenvalue weighted by Gasteiger charge is 2.27. The van der Waals surface area contributed by atoms with Crippen LogP contribution in [0.2, 0.25) is 0 Å². The second-order valence-electron chi connectivity index (χ2n) is 6.83. The van der Waals surface area contributed by atoms with Crippen molar-refractivity contribution in [3.8, 4) is 0 Å². The molecule has 0 spiro atoms. The maximum Gasteiger partial charge on any atom is 0.307 e. The number of carbonyl (C=O) groups excluding carboxylic acids is 2. The number of para-hydroxylation sites is 1. The van der Waals surface area contributed by atoms with E-state index >= 15 is 0 Å². The lowest BCUT2D eigenvalue weighted by Gasteiger charge is -2.21. The summed E-state index contributed by atoms with van der Waals surface area (Å²) < 4.78 is 5.01. The van der Waals surface area contributed by atoms with E-state index in [2.05, 4.69) is 9.88 Å². The molecule has 1 saturated carbocycles. The van der Waals surface area contributed by atoms with Crippen molar-refractivity contribution in [2.45, 2.75) is 33.1 Å². The second kappa shape index (κ2) is 7.83. The Labute approximate surface area is 148 Å². The van der Waals surface area contributed by atoms with E-state index in [1.165, 1.54) is 12.8 Å². The van der Waals surface area contributed by atoms with Crippen LogP contribution in [0.5, 0.6) is 0 Å². The standard InChI is InChI=1S/C20H26N2O3/c1-3-25-19(24)10-11-22(12-15-8-9-15)13-18(23)20-14(2)21-17-7-5-4-6-16(17)20/h4-7,15,21H,3,8-13H2,1-2H3. The Balaban J connectivity index is 1.70. The largest absolute Gasteiger partial charge is 0.466 e. The van der Waals surface area contributed by atoms with Gasteiger partial charge in [0.05, 0.1) is 19.6 Å². The lowest BCUT2D eigenvalue weighted by molar-refractivity contribution is -0.143. The van der Waals surface area contributed by atoms with Crippen LogP contribution in [-0.2, 0) is 9.53 Å². The second-order valence-corrected chi connectivity index (χ2v) is 6.83. The summed E-state index contributed by atoms with van der Waals surface area (Å²) in [7, 11) is 0. The topological polar surface area (TPSA) is 62.4 Å². The number of rotatable bonds is 9. The van der Waals surface area contributed by atoms with E-state index in [0.717, 1.165) is 28.7 Å². The first-order valence-corrected chi connectivity index (χ1v) is 9.07. The Morgan fingerprint density at radius 1 is 1.28 bits per heavy atom. The number of hydrogen-bond acceptors (Lipinski definition) is 4. The smallest absolute Gasteiger partial charge is 0.307 e. The Bertz CT molecular complexity index is 761. The molecule has 134 valence electrons. The maximum absolute atomic E-state index is 12.9. The number of nitrogens with zero attached hydrogens (tertiary/aromatic N) is 1. The summed E-state index contributed by atoms with van der Waals surface area (Å²) in [5, 5.41) is 0.974. The van der Waals surface area contributed by atoms with Gasteiger partial charge in [-0.15, -0.1) is 0 Å². The number of fused-ring (bicyclic) bond motifs is 1. The molecule has 1 fully saturated rings. The summed E-state index contributed by atoms with van der Waals surface area (Å²) in [6.07, 6.45) is 2.77. The molecular weight excluding hydrogens is 316 g/mol. The molecule has 1 aliphatic carbocycles. The minimum atomic E-state index is -0.195. The Hall–Kier alpha value is -2.14. The molecule has 25 heavy (non-hydrogen) atoms. The lowest BCUT2D eigenvalue weighted by atomic mass is 10.1. The number of carbonyl (C=O) groups is 2. The van der Waals surface area contributed by atoms with Gasteiger partial charge in [0.25, 0.3) is 0 Å². The van der Waals surface area contributed by atoms with E-state index in [0.29, 0.717) is 32.0 Å². The van der Waals surface area contributed by atoms with Gasteiger partial charge >= 0.3 is 5.97 Å². The quantitative estimate of drug-likeness (QED) is 0.561. The molecular formula is C20H26N2O3. The number of ketones is 1. The number of nitrogens with one attached hydrogen (secondary N) is 1. The molecule has 0 bridgehead atoms. The molecule has 0 radical (unpaired) electrons. The van der Waals surface area contributed by atoms with Gasteiger partial charge in [-0.1, -0.05) is 18.2 Å². The highest BCUT2D eigenvalue weighted by Crippen LogP contribution is 2.30. The molecule has 5 heteroatoms. The number of hydrogen-bond donors (Lipinski definition) is 1. The zero-order chi connectivity index (χ0) is 17.8. The maximum atomic E-state index is 12.9. The number of esters is 1. The molecule has 1 aromatic heterocycles. The molecule has 0 atom stereocenters. The number of aromatic amines is 1. The number of aryl methyl sites for hydroxylation is 1. The molecule has 2 aromatic rings. The van der Waals surface area contributed by atoms with Crippen molar-refractivity contribution in [3.63, 3.8) is 0 Å². The zero-order valence-electron chi connectivity index (χ0n) is 15.0. The third-order valence-corrected chi connectivity index (χ3v) is 4.69. The van der Waals surface area contributed by atoms with Gasteiger partial charge in [-0.05, 0) is 38.7 Å². The highest BCUT2D eigenvalue weighted by atomic mass is 16.5. The van der Waals surface area contributed by atoms with E-state index in [1.807, 2.05) is 38.1 Å². The summed E-state index contributed by atoms with van der Waals surface area (Å²) in [6, 6.07) is 7.89. The Morgan fingerprint density at radius 2 is 2.04 bits per heavy atom. The highest BCUT2D eigenvalue weighted by molar-refractivity contribution is 6.10. The zero-order valence-corrected chi connectivity index (χ0v) is 15.0. The van der Waals surface area contributed by atoms with Crippen molar-refractivity contribution in [1.82, 2.24) is 9.88 Å². The van der Waals surface area contributed by atoms with Gasteiger partial charge in [0.1, 0.15) is 0 Å². The summed E-state index contributed by atoms with van der Waals surface area (Å²) in [4.78, 5) is 30.0. The average molecular weight is 342 g/mol. The van der Waals surface area contributed by atoms with Crippen LogP contribution in [0.25, 0.3) is 10.9 Å². The first-order valence-electron chi connectivity index (χ1n) is 9.07. The van der Waals surface area contributed by atoms with Crippen molar-refractivity contribution < 1.29 is 14.3 Å². The van der Waals surface area contributed by atoms with Gasteiger partial charge < -0.3 is 9.72 Å². The van der Waals surface area contributed by atoms with Crippen LogP contribution in [0.4, 0.5) is 0 Å². The van der Waals surface area contributed by atoms with Gasteiger partial charge in [-0.2, -0.15) is 0 Å². The van der Waals surface area contributed by atoms with Crippen molar-refractivity contribution in [2.75, 3.05) is 26.2 Å². The van der Waals surface area contributed by atoms with Gasteiger partial charge in [0.15, 0.2) is 5.78 Å². The fourth-order valence-electron chi connectivity index (χ4n) is 3.30. The molecule has 1 aliphatic rings. The van der Waals surface area contributed by atoms with Crippen LogP contribution in [0, 0.1) is 12.8 Å². The summed E-state index contributed by atoms with van der Waals surface area (Å²) in [5.41, 5.74) is 2.67. The molecule has 5 nitrogen and oxygen atoms in total. The predicted molar refractivity (Wildman–Crippen MR) is 97.8 cm³/mol. The van der Waals surface area contributed by atoms with Gasteiger partial charge in [0.2, 0.25) is 0 Å². The lowest BCUT2D eigenvalue weighted by Crippen LogP contribution is -2.34. The Kier molecular flexibility index (Phi) is 5.53. The summed E-state index contributed by atoms with van der Waals surface area (Å²) in [5.74, 6) is 0.581. The molecule has 0 aliphatic heterocycles. The van der Waals surface area contributed by atoms with Crippen LogP contribution >= 0.6 is 0 Å². The number of benzene rings is 1. The SMILES string of the molecule is CCOC(=O)CCN(CC(=O)c1c(C)[nH]c2ccccc12)CC1CC1. The predicted octanol–water partition coefficient (Wildman–Crippen LogP) is 3.32. The molecule has 1 aromatic carbocycles. The third kappa shape index (κ3) is 4.48. The van der Waals surface area contributed by atoms with Gasteiger partial charge in [-0.25, -0.2) is 0 Å². The van der Waals surface area contributed by atoms with Crippen LogP contribution in [0.15, 0.2) is 24.3 Å². The van der Waals surface area contributed by atoms with E-state index in [1.54, 1.807) is 0 Å². The minimum absolute atomic E-state index is 0.111. The molecule has 0 saturated heterocycles. The Morgan fingerprint density at radius 3 is 2.76 bits per heavy atom. The number of H-pyrrole nitrogens is 1.